The highest BCUT2D eigenvalue weighted by atomic mass is 32.2. The SMILES string of the molecule is CCc1cc2c(cc1S(=O)(=O)C(C)(C)C)C(N)=NCN2c1ccc2scnc2c1. The van der Waals surface area contributed by atoms with Crippen LogP contribution in [0.15, 0.2) is 45.7 Å². The Labute approximate surface area is 175 Å². The molecular weight excluding hydrogens is 404 g/mol. The summed E-state index contributed by atoms with van der Waals surface area (Å²) in [5.41, 5.74) is 12.2. The maximum Gasteiger partial charge on any atom is 0.183 e. The van der Waals surface area contributed by atoms with E-state index in [1.165, 1.54) is 0 Å². The number of nitrogens with zero attached hydrogens (tertiary/aromatic N) is 3. The standard InChI is InChI=1S/C21H24N4O2S2/c1-5-13-8-17-15(10-19(13)29(26,27)21(2,3)4)20(22)23-11-25(17)14-6-7-18-16(9-14)24-12-28-18/h6-10,12H,5,11H2,1-4H3,(H2,22,23). The van der Waals surface area contributed by atoms with Crippen LogP contribution in [-0.4, -0.2) is 30.7 Å². The molecule has 2 aromatic carbocycles. The summed E-state index contributed by atoms with van der Waals surface area (Å²) in [6.07, 6.45) is 0.605. The largest absolute Gasteiger partial charge is 0.383 e. The number of fused-ring (bicyclic) bond motifs is 2. The quantitative estimate of drug-likeness (QED) is 0.674. The van der Waals surface area contributed by atoms with Crippen LogP contribution in [0.25, 0.3) is 10.2 Å². The maximum atomic E-state index is 13.2. The fourth-order valence-electron chi connectivity index (χ4n) is 3.44. The molecule has 1 aromatic heterocycles. The Morgan fingerprint density at radius 3 is 2.66 bits per heavy atom. The first-order valence-electron chi connectivity index (χ1n) is 9.46. The highest BCUT2D eigenvalue weighted by molar-refractivity contribution is 7.92. The van der Waals surface area contributed by atoms with E-state index in [0.29, 0.717) is 29.4 Å². The molecule has 0 aliphatic carbocycles. The van der Waals surface area contributed by atoms with E-state index in [9.17, 15) is 8.42 Å². The normalized spacial score (nSPS) is 14.8. The first-order chi connectivity index (χ1) is 13.6. The molecule has 0 saturated heterocycles. The van der Waals surface area contributed by atoms with Gasteiger partial charge in [-0.25, -0.2) is 18.4 Å². The number of nitrogens with two attached hydrogens (primary N) is 1. The van der Waals surface area contributed by atoms with Gasteiger partial charge in [-0.15, -0.1) is 11.3 Å². The van der Waals surface area contributed by atoms with Gasteiger partial charge in [0.15, 0.2) is 9.84 Å². The molecule has 2 N–H and O–H groups in total. The number of aryl methyl sites for hydroxylation is 1. The van der Waals surface area contributed by atoms with E-state index in [4.69, 9.17) is 5.73 Å². The lowest BCUT2D eigenvalue weighted by Gasteiger charge is -2.31. The van der Waals surface area contributed by atoms with Gasteiger partial charge in [0.05, 0.1) is 31.1 Å². The van der Waals surface area contributed by atoms with Crippen molar-refractivity contribution in [3.8, 4) is 0 Å². The third-order valence-corrected chi connectivity index (χ3v) is 8.61. The number of sulfone groups is 1. The van der Waals surface area contributed by atoms with E-state index in [2.05, 4.69) is 14.9 Å². The number of anilines is 2. The highest BCUT2D eigenvalue weighted by Gasteiger charge is 2.34. The Hall–Kier alpha value is -2.45. The van der Waals surface area contributed by atoms with Gasteiger partial charge in [0.2, 0.25) is 0 Å². The smallest absolute Gasteiger partial charge is 0.183 e. The number of benzene rings is 2. The van der Waals surface area contributed by atoms with Crippen LogP contribution in [0.3, 0.4) is 0 Å². The number of thiazole rings is 1. The van der Waals surface area contributed by atoms with Crippen molar-refractivity contribution in [1.29, 1.82) is 0 Å². The summed E-state index contributed by atoms with van der Waals surface area (Å²) in [6.45, 7) is 7.49. The molecule has 0 spiro atoms. The molecule has 1 aliphatic heterocycles. The molecule has 1 aliphatic rings. The van der Waals surface area contributed by atoms with Gasteiger partial charge >= 0.3 is 0 Å². The molecule has 6 nitrogen and oxygen atoms in total. The van der Waals surface area contributed by atoms with Crippen LogP contribution < -0.4 is 10.6 Å². The Morgan fingerprint density at radius 1 is 1.21 bits per heavy atom. The minimum absolute atomic E-state index is 0.334. The van der Waals surface area contributed by atoms with E-state index in [1.807, 2.05) is 36.7 Å². The first kappa shape index (κ1) is 19.8. The molecule has 8 heteroatoms. The van der Waals surface area contributed by atoms with E-state index >= 15 is 0 Å². The number of rotatable bonds is 3. The van der Waals surface area contributed by atoms with Gasteiger partial charge in [0.25, 0.3) is 0 Å². The van der Waals surface area contributed by atoms with Gasteiger partial charge in [-0.3, -0.25) is 0 Å². The van der Waals surface area contributed by atoms with Crippen LogP contribution in [0.4, 0.5) is 11.4 Å². The first-order valence-corrected chi connectivity index (χ1v) is 11.8. The fourth-order valence-corrected chi connectivity index (χ4v) is 5.58. The van der Waals surface area contributed by atoms with E-state index < -0.39 is 14.6 Å². The summed E-state index contributed by atoms with van der Waals surface area (Å²) in [4.78, 5) is 11.2. The van der Waals surface area contributed by atoms with Gasteiger partial charge in [0, 0.05) is 11.3 Å². The molecule has 0 amide bonds. The Bertz CT molecular complexity index is 1240. The van der Waals surface area contributed by atoms with Crippen molar-refractivity contribution in [3.05, 3.63) is 47.0 Å². The zero-order chi connectivity index (χ0) is 21.0. The topological polar surface area (TPSA) is 88.6 Å². The number of aliphatic imine (C=N–C) groups is 1. The van der Waals surface area contributed by atoms with Gasteiger partial charge in [-0.05, 0) is 63.1 Å². The molecule has 0 saturated carbocycles. The third-order valence-electron chi connectivity index (χ3n) is 5.23. The highest BCUT2D eigenvalue weighted by Crippen LogP contribution is 2.38. The van der Waals surface area contributed by atoms with Crippen LogP contribution in [-0.2, 0) is 16.3 Å². The lowest BCUT2D eigenvalue weighted by Crippen LogP contribution is -2.32. The Morgan fingerprint density at radius 2 is 1.97 bits per heavy atom. The molecule has 2 heterocycles. The second-order valence-electron chi connectivity index (χ2n) is 8.06. The van der Waals surface area contributed by atoms with Gasteiger partial charge in [-0.2, -0.15) is 0 Å². The number of hydrogen-bond donors (Lipinski definition) is 1. The second-order valence-corrected chi connectivity index (χ2v) is 11.6. The van der Waals surface area contributed by atoms with E-state index in [0.717, 1.165) is 27.2 Å². The molecule has 0 bridgehead atoms. The van der Waals surface area contributed by atoms with Gasteiger partial charge in [0.1, 0.15) is 12.5 Å². The van der Waals surface area contributed by atoms with E-state index in [1.54, 1.807) is 38.2 Å². The zero-order valence-electron chi connectivity index (χ0n) is 16.9. The van der Waals surface area contributed by atoms with Crippen molar-refractivity contribution in [2.24, 2.45) is 10.7 Å². The molecule has 152 valence electrons. The maximum absolute atomic E-state index is 13.2. The van der Waals surface area contributed by atoms with Gasteiger partial charge < -0.3 is 10.6 Å². The summed E-state index contributed by atoms with van der Waals surface area (Å²) in [7, 11) is -3.52. The monoisotopic (exact) mass is 428 g/mol. The van der Waals surface area contributed by atoms with Crippen molar-refractivity contribution >= 4 is 48.6 Å². The Balaban J connectivity index is 1.91. The summed E-state index contributed by atoms with van der Waals surface area (Å²) in [5.74, 6) is 0.360. The van der Waals surface area contributed by atoms with Crippen LogP contribution in [0.1, 0.15) is 38.8 Å². The predicted molar refractivity (Wildman–Crippen MR) is 120 cm³/mol. The van der Waals surface area contributed by atoms with Gasteiger partial charge in [-0.1, -0.05) is 6.92 Å². The second kappa shape index (κ2) is 6.81. The third kappa shape index (κ3) is 3.20. The Kier molecular flexibility index (Phi) is 4.66. The summed E-state index contributed by atoms with van der Waals surface area (Å²) in [6, 6.07) is 9.75. The predicted octanol–water partition coefficient (Wildman–Crippen LogP) is 4.25. The number of hydrogen-bond acceptors (Lipinski definition) is 7. The summed E-state index contributed by atoms with van der Waals surface area (Å²) >= 11 is 1.60. The molecule has 0 fully saturated rings. The van der Waals surface area contributed by atoms with Crippen LogP contribution in [0.5, 0.6) is 0 Å². The fraction of sp³-hybridized carbons (Fsp3) is 0.333. The minimum atomic E-state index is -3.52. The van der Waals surface area contributed by atoms with E-state index in [-0.39, 0.29) is 0 Å². The molecule has 29 heavy (non-hydrogen) atoms. The average Bonchev–Trinajstić information content (AvgIpc) is 3.14. The molecule has 4 rings (SSSR count). The summed E-state index contributed by atoms with van der Waals surface area (Å²) in [5, 5.41) is 0. The van der Waals surface area contributed by atoms with Crippen LogP contribution in [0.2, 0.25) is 0 Å². The minimum Gasteiger partial charge on any atom is -0.383 e. The van der Waals surface area contributed by atoms with Crippen molar-refractivity contribution < 1.29 is 8.42 Å². The van der Waals surface area contributed by atoms with Crippen molar-refractivity contribution in [2.75, 3.05) is 11.6 Å². The van der Waals surface area contributed by atoms with Crippen LogP contribution in [0, 0.1) is 0 Å². The lowest BCUT2D eigenvalue weighted by atomic mass is 10.0. The summed E-state index contributed by atoms with van der Waals surface area (Å²) < 4.78 is 26.6. The van der Waals surface area contributed by atoms with Crippen LogP contribution >= 0.6 is 11.3 Å². The number of amidine groups is 1. The van der Waals surface area contributed by atoms with Crippen molar-refractivity contribution in [1.82, 2.24) is 4.98 Å². The molecule has 3 aromatic rings. The average molecular weight is 429 g/mol. The zero-order valence-corrected chi connectivity index (χ0v) is 18.6. The van der Waals surface area contributed by atoms with Crippen molar-refractivity contribution in [2.45, 2.75) is 43.8 Å². The number of aromatic nitrogens is 1. The lowest BCUT2D eigenvalue weighted by molar-refractivity contribution is 0.559. The molecule has 0 unspecified atom stereocenters. The van der Waals surface area contributed by atoms with Crippen molar-refractivity contribution in [3.63, 3.8) is 0 Å². The molecule has 0 radical (unpaired) electrons. The molecule has 0 atom stereocenters. The molecular formula is C21H24N4O2S2.